The van der Waals surface area contributed by atoms with E-state index in [1.165, 1.54) is 17.0 Å². The molecular weight excluding hydrogens is 472 g/mol. The Kier molecular flexibility index (Phi) is 6.74. The van der Waals surface area contributed by atoms with Crippen LogP contribution in [0.5, 0.6) is 0 Å². The summed E-state index contributed by atoms with van der Waals surface area (Å²) in [7, 11) is 1.74. The van der Waals surface area contributed by atoms with Gasteiger partial charge in [0.15, 0.2) is 5.11 Å². The Balaban J connectivity index is 1.79. The molecule has 5 nitrogen and oxygen atoms in total. The summed E-state index contributed by atoms with van der Waals surface area (Å²) in [5, 5.41) is 4.31. The SMILES string of the molecule is COCCCN1C(=S)N[C@@H](c2ccccn2)[C@H]1c1cc(C)n(-c2cccc(Br)c2)c1C. The molecule has 1 N–H and O–H groups in total. The van der Waals surface area contributed by atoms with Crippen molar-refractivity contribution in [2.24, 2.45) is 0 Å². The molecule has 4 rings (SSSR count). The monoisotopic (exact) mass is 498 g/mol. The Labute approximate surface area is 197 Å². The second-order valence-corrected chi connectivity index (χ2v) is 9.11. The van der Waals surface area contributed by atoms with Crippen LogP contribution >= 0.6 is 28.1 Å². The van der Waals surface area contributed by atoms with Gasteiger partial charge in [0.2, 0.25) is 0 Å². The number of hydrogen-bond acceptors (Lipinski definition) is 3. The molecule has 0 aliphatic carbocycles. The topological polar surface area (TPSA) is 42.3 Å². The second kappa shape index (κ2) is 9.51. The van der Waals surface area contributed by atoms with Crippen LogP contribution in [0.3, 0.4) is 0 Å². The zero-order valence-electron chi connectivity index (χ0n) is 18.0. The summed E-state index contributed by atoms with van der Waals surface area (Å²) in [4.78, 5) is 6.94. The van der Waals surface area contributed by atoms with Crippen molar-refractivity contribution in [2.45, 2.75) is 32.4 Å². The number of aromatic nitrogens is 2. The van der Waals surface area contributed by atoms with Gasteiger partial charge >= 0.3 is 0 Å². The van der Waals surface area contributed by atoms with Crippen molar-refractivity contribution in [3.05, 3.63) is 81.8 Å². The van der Waals surface area contributed by atoms with Crippen molar-refractivity contribution >= 4 is 33.3 Å². The summed E-state index contributed by atoms with van der Waals surface area (Å²) in [6.45, 7) is 5.88. The summed E-state index contributed by atoms with van der Waals surface area (Å²) >= 11 is 9.38. The Morgan fingerprint density at radius 3 is 2.71 bits per heavy atom. The van der Waals surface area contributed by atoms with Crippen molar-refractivity contribution in [1.82, 2.24) is 19.8 Å². The van der Waals surface area contributed by atoms with Crippen LogP contribution in [0, 0.1) is 13.8 Å². The largest absolute Gasteiger partial charge is 0.385 e. The molecule has 0 spiro atoms. The number of nitrogens with zero attached hydrogens (tertiary/aromatic N) is 3. The standard InChI is InChI=1S/C24H27BrN4OS/c1-16-14-20(17(2)29(16)19-9-6-8-18(25)15-19)23-22(21-10-4-5-11-26-21)27-24(31)28(23)12-7-13-30-3/h4-6,8-11,14-15,22-23H,7,12-13H2,1-3H3,(H,27,31)/t22-,23+/m0/s1. The molecule has 1 aromatic carbocycles. The molecular formula is C24H27BrN4OS. The minimum absolute atomic E-state index is 0.00676. The lowest BCUT2D eigenvalue weighted by Crippen LogP contribution is -2.31. The normalized spacial score (nSPS) is 18.5. The van der Waals surface area contributed by atoms with E-state index >= 15 is 0 Å². The number of ether oxygens (including phenoxy) is 1. The van der Waals surface area contributed by atoms with Crippen molar-refractivity contribution < 1.29 is 4.74 Å². The predicted octanol–water partition coefficient (Wildman–Crippen LogP) is 5.26. The molecule has 2 aromatic heterocycles. The molecule has 2 atom stereocenters. The molecule has 3 aromatic rings. The highest BCUT2D eigenvalue weighted by Gasteiger charge is 2.41. The van der Waals surface area contributed by atoms with E-state index in [9.17, 15) is 0 Å². The Morgan fingerprint density at radius 1 is 1.16 bits per heavy atom. The first kappa shape index (κ1) is 22.0. The van der Waals surface area contributed by atoms with E-state index in [2.05, 4.69) is 79.9 Å². The molecule has 1 aliphatic rings. The summed E-state index contributed by atoms with van der Waals surface area (Å²) in [6, 6.07) is 16.8. The van der Waals surface area contributed by atoms with E-state index < -0.39 is 0 Å². The van der Waals surface area contributed by atoms with Gasteiger partial charge in [0.25, 0.3) is 0 Å². The number of hydrogen-bond donors (Lipinski definition) is 1. The van der Waals surface area contributed by atoms with E-state index in [0.717, 1.165) is 33.9 Å². The van der Waals surface area contributed by atoms with Crippen LogP contribution in [0.1, 0.15) is 41.1 Å². The number of pyridine rings is 1. The van der Waals surface area contributed by atoms with Crippen LogP contribution in [0.15, 0.2) is 59.2 Å². The first-order valence-electron chi connectivity index (χ1n) is 10.4. The van der Waals surface area contributed by atoms with Gasteiger partial charge < -0.3 is 19.5 Å². The number of thiocarbonyl (C=S) groups is 1. The third kappa shape index (κ3) is 4.40. The lowest BCUT2D eigenvalue weighted by Gasteiger charge is -2.28. The van der Waals surface area contributed by atoms with Crippen molar-refractivity contribution in [3.8, 4) is 5.69 Å². The molecule has 162 valence electrons. The average Bonchev–Trinajstić information content (AvgIpc) is 3.24. The first-order chi connectivity index (χ1) is 15.0. The fourth-order valence-electron chi connectivity index (χ4n) is 4.46. The van der Waals surface area contributed by atoms with Crippen LogP contribution in [0.4, 0.5) is 0 Å². The maximum absolute atomic E-state index is 5.77. The summed E-state index contributed by atoms with van der Waals surface area (Å²) in [6.07, 6.45) is 2.75. The van der Waals surface area contributed by atoms with E-state index in [-0.39, 0.29) is 12.1 Å². The van der Waals surface area contributed by atoms with Gasteiger partial charge in [-0.05, 0) is 74.4 Å². The van der Waals surface area contributed by atoms with E-state index in [1.807, 2.05) is 24.4 Å². The zero-order valence-corrected chi connectivity index (χ0v) is 20.4. The van der Waals surface area contributed by atoms with Crippen molar-refractivity contribution in [2.75, 3.05) is 20.3 Å². The smallest absolute Gasteiger partial charge is 0.170 e. The minimum atomic E-state index is -0.00676. The van der Waals surface area contributed by atoms with Crippen LogP contribution < -0.4 is 5.32 Å². The highest BCUT2D eigenvalue weighted by Crippen LogP contribution is 2.41. The third-order valence-electron chi connectivity index (χ3n) is 5.80. The molecule has 31 heavy (non-hydrogen) atoms. The lowest BCUT2D eigenvalue weighted by atomic mass is 9.96. The van der Waals surface area contributed by atoms with Gasteiger partial charge in [-0.25, -0.2) is 0 Å². The number of aryl methyl sites for hydroxylation is 1. The maximum Gasteiger partial charge on any atom is 0.170 e. The molecule has 0 bridgehead atoms. The van der Waals surface area contributed by atoms with Crippen LogP contribution in [0.25, 0.3) is 5.69 Å². The third-order valence-corrected chi connectivity index (χ3v) is 6.65. The van der Waals surface area contributed by atoms with Gasteiger partial charge in [0, 0.05) is 48.0 Å². The second-order valence-electron chi connectivity index (χ2n) is 7.81. The van der Waals surface area contributed by atoms with Crippen LogP contribution in [-0.4, -0.2) is 39.8 Å². The molecule has 7 heteroatoms. The number of methoxy groups -OCH3 is 1. The van der Waals surface area contributed by atoms with Crippen LogP contribution in [0.2, 0.25) is 0 Å². The van der Waals surface area contributed by atoms with E-state index in [0.29, 0.717) is 6.61 Å². The van der Waals surface area contributed by atoms with Gasteiger partial charge in [-0.3, -0.25) is 4.98 Å². The molecule has 0 unspecified atom stereocenters. The molecule has 1 aliphatic heterocycles. The molecule has 0 radical (unpaired) electrons. The van der Waals surface area contributed by atoms with Gasteiger partial charge in [-0.1, -0.05) is 28.1 Å². The number of rotatable bonds is 7. The predicted molar refractivity (Wildman–Crippen MR) is 132 cm³/mol. The number of nitrogens with one attached hydrogen (secondary N) is 1. The van der Waals surface area contributed by atoms with Gasteiger partial charge in [0.1, 0.15) is 0 Å². The highest BCUT2D eigenvalue weighted by atomic mass is 79.9. The average molecular weight is 499 g/mol. The van der Waals surface area contributed by atoms with E-state index in [4.69, 9.17) is 17.0 Å². The lowest BCUT2D eigenvalue weighted by molar-refractivity contribution is 0.180. The fraction of sp³-hybridized carbons (Fsp3) is 0.333. The summed E-state index contributed by atoms with van der Waals surface area (Å²) < 4.78 is 8.67. The first-order valence-corrected chi connectivity index (χ1v) is 11.6. The van der Waals surface area contributed by atoms with Crippen molar-refractivity contribution in [3.63, 3.8) is 0 Å². The van der Waals surface area contributed by atoms with Crippen molar-refractivity contribution in [1.29, 1.82) is 0 Å². The Morgan fingerprint density at radius 2 is 2.00 bits per heavy atom. The van der Waals surface area contributed by atoms with Gasteiger partial charge in [-0.15, -0.1) is 0 Å². The maximum atomic E-state index is 5.77. The molecule has 3 heterocycles. The Hall–Kier alpha value is -2.22. The zero-order chi connectivity index (χ0) is 22.0. The van der Waals surface area contributed by atoms with Gasteiger partial charge in [0.05, 0.1) is 17.8 Å². The summed E-state index contributed by atoms with van der Waals surface area (Å²) in [5.74, 6) is 0. The fourth-order valence-corrected chi connectivity index (χ4v) is 5.18. The molecule has 1 saturated heterocycles. The Bertz CT molecular complexity index is 1070. The highest BCUT2D eigenvalue weighted by molar-refractivity contribution is 9.10. The van der Waals surface area contributed by atoms with E-state index in [1.54, 1.807) is 7.11 Å². The molecule has 0 amide bonds. The number of halogens is 1. The molecule has 0 saturated carbocycles. The number of benzene rings is 1. The molecule has 1 fully saturated rings. The summed E-state index contributed by atoms with van der Waals surface area (Å²) in [5.41, 5.74) is 5.81. The quantitative estimate of drug-likeness (QED) is 0.355. The van der Waals surface area contributed by atoms with Crippen LogP contribution in [-0.2, 0) is 4.74 Å². The van der Waals surface area contributed by atoms with Gasteiger partial charge in [-0.2, -0.15) is 0 Å². The minimum Gasteiger partial charge on any atom is -0.385 e.